The Morgan fingerprint density at radius 1 is 1.14 bits per heavy atom. The van der Waals surface area contributed by atoms with Crippen molar-refractivity contribution in [3.05, 3.63) is 47.4 Å². The number of pyridine rings is 1. The van der Waals surface area contributed by atoms with Gasteiger partial charge in [-0.3, -0.25) is 4.68 Å². The molecule has 3 nitrogen and oxygen atoms in total. The minimum Gasteiger partial charge on any atom is -0.250 e. The van der Waals surface area contributed by atoms with Gasteiger partial charge in [-0.1, -0.05) is 0 Å². The van der Waals surface area contributed by atoms with Gasteiger partial charge in [0.05, 0.1) is 16.8 Å². The van der Waals surface area contributed by atoms with E-state index in [0.717, 1.165) is 0 Å². The average molecular weight is 291 g/mol. The van der Waals surface area contributed by atoms with E-state index in [1.807, 2.05) is 0 Å². The van der Waals surface area contributed by atoms with Crippen LogP contribution in [-0.2, 0) is 7.05 Å². The Bertz CT molecular complexity index is 807. The van der Waals surface area contributed by atoms with Crippen LogP contribution in [0.2, 0.25) is 0 Å². The van der Waals surface area contributed by atoms with Crippen LogP contribution in [0.25, 0.3) is 22.3 Å². The zero-order valence-corrected chi connectivity index (χ0v) is 11.4. The second-order valence-corrected chi connectivity index (χ2v) is 4.81. The molecule has 0 spiro atoms. The van der Waals surface area contributed by atoms with Crippen molar-refractivity contribution in [3.8, 4) is 11.3 Å². The Morgan fingerprint density at radius 2 is 1.81 bits per heavy atom. The van der Waals surface area contributed by atoms with E-state index >= 15 is 0 Å². The molecule has 0 fully saturated rings. The van der Waals surface area contributed by atoms with Gasteiger partial charge in [-0.15, -0.1) is 0 Å². The molecule has 0 N–H and O–H groups in total. The Kier molecular flexibility index (Phi) is 3.16. The van der Waals surface area contributed by atoms with Crippen LogP contribution in [-0.4, -0.2) is 14.8 Å². The summed E-state index contributed by atoms with van der Waals surface area (Å²) < 4.78 is 41.1. The molecule has 0 saturated carbocycles. The van der Waals surface area contributed by atoms with Crippen molar-refractivity contribution in [3.63, 3.8) is 0 Å². The topological polar surface area (TPSA) is 30.7 Å². The van der Waals surface area contributed by atoms with Crippen molar-refractivity contribution in [1.29, 1.82) is 0 Å². The number of alkyl halides is 2. The van der Waals surface area contributed by atoms with E-state index in [0.29, 0.717) is 28.0 Å². The highest BCUT2D eigenvalue weighted by molar-refractivity contribution is 5.85. The van der Waals surface area contributed by atoms with Gasteiger partial charge in [-0.2, -0.15) is 5.10 Å². The zero-order chi connectivity index (χ0) is 15.1. The van der Waals surface area contributed by atoms with E-state index in [-0.39, 0.29) is 11.4 Å². The monoisotopic (exact) mass is 291 g/mol. The van der Waals surface area contributed by atoms with Gasteiger partial charge in [0.25, 0.3) is 6.43 Å². The van der Waals surface area contributed by atoms with Gasteiger partial charge in [0.2, 0.25) is 0 Å². The summed E-state index contributed by atoms with van der Waals surface area (Å²) in [6.07, 6.45) is -2.63. The fraction of sp³-hybridized carbons (Fsp3) is 0.200. The number of halogens is 3. The lowest BCUT2D eigenvalue weighted by molar-refractivity contribution is 0.153. The van der Waals surface area contributed by atoms with Gasteiger partial charge < -0.3 is 0 Å². The molecule has 3 rings (SSSR count). The lowest BCUT2D eigenvalue weighted by Crippen LogP contribution is -1.96. The summed E-state index contributed by atoms with van der Waals surface area (Å²) in [5.74, 6) is -0.384. The van der Waals surface area contributed by atoms with Crippen molar-refractivity contribution in [1.82, 2.24) is 14.8 Å². The van der Waals surface area contributed by atoms with Crippen molar-refractivity contribution in [2.45, 2.75) is 13.3 Å². The van der Waals surface area contributed by atoms with Gasteiger partial charge in [0.15, 0.2) is 5.65 Å². The van der Waals surface area contributed by atoms with Crippen molar-refractivity contribution < 1.29 is 13.2 Å². The van der Waals surface area contributed by atoms with E-state index in [2.05, 4.69) is 10.1 Å². The largest absolute Gasteiger partial charge is 0.264 e. The molecule has 0 aliphatic heterocycles. The van der Waals surface area contributed by atoms with Crippen molar-refractivity contribution >= 4 is 11.0 Å². The van der Waals surface area contributed by atoms with Crippen LogP contribution in [0.1, 0.15) is 17.7 Å². The fourth-order valence-electron chi connectivity index (χ4n) is 2.42. The first-order chi connectivity index (χ1) is 9.97. The lowest BCUT2D eigenvalue weighted by atomic mass is 10.1. The summed E-state index contributed by atoms with van der Waals surface area (Å²) >= 11 is 0. The second-order valence-electron chi connectivity index (χ2n) is 4.81. The Balaban J connectivity index is 2.30. The number of hydrogen-bond acceptors (Lipinski definition) is 2. The van der Waals surface area contributed by atoms with Crippen LogP contribution in [0.15, 0.2) is 30.3 Å². The number of aryl methyl sites for hydroxylation is 2. The third kappa shape index (κ3) is 2.26. The smallest absolute Gasteiger partial charge is 0.250 e. The van der Waals surface area contributed by atoms with Crippen LogP contribution < -0.4 is 0 Å². The zero-order valence-electron chi connectivity index (χ0n) is 11.4. The maximum atomic E-state index is 13.3. The summed E-state index contributed by atoms with van der Waals surface area (Å²) in [5, 5.41) is 4.52. The molecule has 2 heterocycles. The van der Waals surface area contributed by atoms with E-state index in [9.17, 15) is 13.2 Å². The summed E-state index contributed by atoms with van der Waals surface area (Å²) in [4.78, 5) is 4.38. The molecule has 0 aliphatic rings. The van der Waals surface area contributed by atoms with Gasteiger partial charge in [0, 0.05) is 18.2 Å². The fourth-order valence-corrected chi connectivity index (χ4v) is 2.42. The second kappa shape index (κ2) is 4.87. The molecular weight excluding hydrogens is 279 g/mol. The summed E-state index contributed by atoms with van der Waals surface area (Å²) in [5.41, 5.74) is 1.76. The number of rotatable bonds is 2. The summed E-state index contributed by atoms with van der Waals surface area (Å²) in [6.45, 7) is 1.67. The number of benzene rings is 1. The maximum Gasteiger partial charge on any atom is 0.264 e. The van der Waals surface area contributed by atoms with E-state index in [1.54, 1.807) is 14.0 Å². The standard InChI is InChI=1S/C15H12F3N3/c1-8-13-11(14(17)18)7-12(19-15(13)21(2)20-8)9-3-5-10(16)6-4-9/h3-7,14H,1-2H3. The Labute approximate surface area is 119 Å². The molecule has 0 aliphatic carbocycles. The Morgan fingerprint density at radius 3 is 2.43 bits per heavy atom. The third-order valence-electron chi connectivity index (χ3n) is 3.37. The highest BCUT2D eigenvalue weighted by Gasteiger charge is 2.19. The molecule has 0 bridgehead atoms. The van der Waals surface area contributed by atoms with E-state index in [4.69, 9.17) is 0 Å². The molecule has 6 heteroatoms. The molecule has 0 atom stereocenters. The van der Waals surface area contributed by atoms with Crippen molar-refractivity contribution in [2.75, 3.05) is 0 Å². The maximum absolute atomic E-state index is 13.3. The molecule has 21 heavy (non-hydrogen) atoms. The SMILES string of the molecule is Cc1nn(C)c2nc(-c3ccc(F)cc3)cc(C(F)F)c12. The van der Waals surface area contributed by atoms with Crippen LogP contribution in [0.3, 0.4) is 0 Å². The van der Waals surface area contributed by atoms with Gasteiger partial charge >= 0.3 is 0 Å². The van der Waals surface area contributed by atoms with E-state index in [1.165, 1.54) is 35.0 Å². The molecule has 3 aromatic rings. The molecule has 0 amide bonds. The quantitative estimate of drug-likeness (QED) is 0.714. The highest BCUT2D eigenvalue weighted by Crippen LogP contribution is 2.32. The molecule has 0 unspecified atom stereocenters. The first kappa shape index (κ1) is 13.6. The lowest BCUT2D eigenvalue weighted by Gasteiger charge is -2.07. The predicted octanol–water partition coefficient (Wildman–Crippen LogP) is 4.02. The molecular formula is C15H12F3N3. The van der Waals surface area contributed by atoms with Gasteiger partial charge in [-0.05, 0) is 37.3 Å². The van der Waals surface area contributed by atoms with Crippen LogP contribution in [0.4, 0.5) is 13.2 Å². The summed E-state index contributed by atoms with van der Waals surface area (Å²) in [7, 11) is 1.66. The predicted molar refractivity (Wildman–Crippen MR) is 73.6 cm³/mol. The number of nitrogens with zero attached hydrogens (tertiary/aromatic N) is 3. The number of fused-ring (bicyclic) bond motifs is 1. The van der Waals surface area contributed by atoms with E-state index < -0.39 is 6.43 Å². The van der Waals surface area contributed by atoms with Crippen molar-refractivity contribution in [2.24, 2.45) is 7.05 Å². The Hall–Kier alpha value is -2.37. The number of hydrogen-bond donors (Lipinski definition) is 0. The first-order valence-corrected chi connectivity index (χ1v) is 6.35. The highest BCUT2D eigenvalue weighted by atomic mass is 19.3. The molecule has 0 saturated heterocycles. The average Bonchev–Trinajstić information content (AvgIpc) is 2.74. The third-order valence-corrected chi connectivity index (χ3v) is 3.37. The van der Waals surface area contributed by atoms with Crippen LogP contribution in [0, 0.1) is 12.7 Å². The van der Waals surface area contributed by atoms with Gasteiger partial charge in [0.1, 0.15) is 5.82 Å². The van der Waals surface area contributed by atoms with Gasteiger partial charge in [-0.25, -0.2) is 18.2 Å². The van der Waals surface area contributed by atoms with Crippen LogP contribution >= 0.6 is 0 Å². The molecule has 108 valence electrons. The summed E-state index contributed by atoms with van der Waals surface area (Å²) in [6, 6.07) is 6.92. The molecule has 1 aromatic carbocycles. The molecule has 2 aromatic heterocycles. The normalized spacial score (nSPS) is 11.5. The molecule has 0 radical (unpaired) electrons. The number of aromatic nitrogens is 3. The minimum absolute atomic E-state index is 0.107. The van der Waals surface area contributed by atoms with Crippen LogP contribution in [0.5, 0.6) is 0 Å². The minimum atomic E-state index is -2.63. The first-order valence-electron chi connectivity index (χ1n) is 6.35.